The molecular weight excluding hydrogens is 404 g/mol. The normalized spacial score (nSPS) is 16.1. The number of anilines is 1. The molecule has 3 heterocycles. The van der Waals surface area contributed by atoms with Crippen LogP contribution in [0.2, 0.25) is 0 Å². The fraction of sp³-hybridized carbons (Fsp3) is 0.333. The number of likely N-dealkylation sites (tertiary alicyclic amines) is 1. The summed E-state index contributed by atoms with van der Waals surface area (Å²) in [4.78, 5) is 37.7. The minimum absolute atomic E-state index is 0.0117. The maximum atomic E-state index is 12.6. The van der Waals surface area contributed by atoms with Crippen LogP contribution in [-0.2, 0) is 0 Å². The third kappa shape index (κ3) is 5.03. The highest BCUT2D eigenvalue weighted by Gasteiger charge is 2.28. The molecule has 1 saturated heterocycles. The number of hydrogen-bond acceptors (Lipinski definition) is 5. The predicted molar refractivity (Wildman–Crippen MR) is 125 cm³/mol. The van der Waals surface area contributed by atoms with E-state index in [4.69, 9.17) is 0 Å². The van der Waals surface area contributed by atoms with Gasteiger partial charge in [0, 0.05) is 62.7 Å². The fourth-order valence-corrected chi connectivity index (χ4v) is 4.10. The van der Waals surface area contributed by atoms with Crippen molar-refractivity contribution in [3.05, 3.63) is 66.1 Å². The number of carbonyl (C=O) groups is 2. The Morgan fingerprint density at radius 3 is 2.88 bits per heavy atom. The number of benzene rings is 1. The molecule has 1 aliphatic heterocycles. The van der Waals surface area contributed by atoms with Gasteiger partial charge in [-0.3, -0.25) is 19.7 Å². The van der Waals surface area contributed by atoms with Gasteiger partial charge in [0.15, 0.2) is 0 Å². The summed E-state index contributed by atoms with van der Waals surface area (Å²) >= 11 is 0. The van der Waals surface area contributed by atoms with Crippen LogP contribution in [0, 0.1) is 6.92 Å². The van der Waals surface area contributed by atoms with E-state index >= 15 is 0 Å². The van der Waals surface area contributed by atoms with Crippen molar-refractivity contribution in [3.63, 3.8) is 0 Å². The predicted octanol–water partition coefficient (Wildman–Crippen LogP) is 2.91. The summed E-state index contributed by atoms with van der Waals surface area (Å²) in [6.45, 7) is 4.86. The molecule has 0 spiro atoms. The zero-order chi connectivity index (χ0) is 22.5. The number of nitrogens with one attached hydrogen (secondary N) is 2. The molecule has 2 N–H and O–H groups in total. The van der Waals surface area contributed by atoms with E-state index < -0.39 is 0 Å². The Labute approximate surface area is 187 Å². The number of likely N-dealkylation sites (N-methyl/N-ethyl adjacent to an activating group) is 1. The molecule has 1 fully saturated rings. The topological polar surface area (TPSA) is 90.5 Å². The smallest absolute Gasteiger partial charge is 0.319 e. The Hall–Kier alpha value is -3.52. The van der Waals surface area contributed by atoms with Gasteiger partial charge in [-0.05, 0) is 37.6 Å². The van der Waals surface area contributed by atoms with Crippen LogP contribution in [0.15, 0.2) is 54.9 Å². The number of urea groups is 1. The monoisotopic (exact) mass is 432 g/mol. The third-order valence-electron chi connectivity index (χ3n) is 5.83. The van der Waals surface area contributed by atoms with E-state index in [-0.39, 0.29) is 18.0 Å². The summed E-state index contributed by atoms with van der Waals surface area (Å²) in [6.07, 6.45) is 4.17. The van der Waals surface area contributed by atoms with Crippen LogP contribution in [0.25, 0.3) is 10.9 Å². The van der Waals surface area contributed by atoms with Crippen LogP contribution >= 0.6 is 0 Å². The summed E-state index contributed by atoms with van der Waals surface area (Å²) in [5.41, 5.74) is 3.07. The largest absolute Gasteiger partial charge is 0.337 e. The lowest BCUT2D eigenvalue weighted by Gasteiger charge is -2.25. The molecule has 0 radical (unpaired) electrons. The summed E-state index contributed by atoms with van der Waals surface area (Å²) in [5, 5.41) is 6.79. The number of hydrogen-bond donors (Lipinski definition) is 2. The van der Waals surface area contributed by atoms with Crippen LogP contribution < -0.4 is 10.6 Å². The summed E-state index contributed by atoms with van der Waals surface area (Å²) in [7, 11) is 1.84. The maximum absolute atomic E-state index is 12.6. The molecule has 4 rings (SSSR count). The van der Waals surface area contributed by atoms with Gasteiger partial charge in [-0.1, -0.05) is 18.2 Å². The number of rotatable bonds is 6. The molecule has 1 unspecified atom stereocenters. The Bertz CT molecular complexity index is 1100. The molecule has 2 aromatic heterocycles. The highest BCUT2D eigenvalue weighted by molar-refractivity contribution is 6.00. The van der Waals surface area contributed by atoms with Crippen LogP contribution in [0.3, 0.4) is 0 Å². The Kier molecular flexibility index (Phi) is 6.61. The SMILES string of the molecule is Cc1cc(NC(=O)NCCN2CCC(N(C)C(=O)c3cccnc3)C2)c2ccccc2n1. The minimum atomic E-state index is -0.236. The van der Waals surface area contributed by atoms with Crippen molar-refractivity contribution in [1.29, 1.82) is 0 Å². The van der Waals surface area contributed by atoms with E-state index in [1.54, 1.807) is 29.4 Å². The second-order valence-electron chi connectivity index (χ2n) is 8.11. The molecule has 3 amide bonds. The molecular formula is C24H28N6O2. The number of fused-ring (bicyclic) bond motifs is 1. The van der Waals surface area contributed by atoms with Crippen LogP contribution in [0.1, 0.15) is 22.5 Å². The van der Waals surface area contributed by atoms with Crippen molar-refractivity contribution in [2.75, 3.05) is 38.5 Å². The van der Waals surface area contributed by atoms with Crippen molar-refractivity contribution in [2.24, 2.45) is 0 Å². The molecule has 1 aromatic carbocycles. The van der Waals surface area contributed by atoms with Gasteiger partial charge in [-0.2, -0.15) is 0 Å². The van der Waals surface area contributed by atoms with Crippen LogP contribution in [0.5, 0.6) is 0 Å². The quantitative estimate of drug-likeness (QED) is 0.625. The van der Waals surface area contributed by atoms with Gasteiger partial charge < -0.3 is 15.5 Å². The van der Waals surface area contributed by atoms with E-state index in [2.05, 4.69) is 25.5 Å². The summed E-state index contributed by atoms with van der Waals surface area (Å²) < 4.78 is 0. The van der Waals surface area contributed by atoms with E-state index in [0.717, 1.165) is 48.3 Å². The van der Waals surface area contributed by atoms with Crippen molar-refractivity contribution in [3.8, 4) is 0 Å². The summed E-state index contributed by atoms with van der Waals surface area (Å²) in [5.74, 6) is -0.0117. The fourth-order valence-electron chi connectivity index (χ4n) is 4.10. The first-order chi connectivity index (χ1) is 15.5. The molecule has 166 valence electrons. The first-order valence-corrected chi connectivity index (χ1v) is 10.8. The van der Waals surface area contributed by atoms with E-state index in [1.807, 2.05) is 44.3 Å². The number of nitrogens with zero attached hydrogens (tertiary/aromatic N) is 4. The molecule has 8 nitrogen and oxygen atoms in total. The van der Waals surface area contributed by atoms with Crippen molar-refractivity contribution in [1.82, 2.24) is 25.1 Å². The van der Waals surface area contributed by atoms with Gasteiger partial charge in [0.1, 0.15) is 0 Å². The first kappa shape index (κ1) is 21.7. The number of aromatic nitrogens is 2. The number of carbonyl (C=O) groups excluding carboxylic acids is 2. The lowest BCUT2D eigenvalue weighted by atomic mass is 10.1. The standard InChI is InChI=1S/C24H28N6O2/c1-17-14-22(20-7-3-4-8-21(20)27-17)28-24(32)26-11-13-30-12-9-19(16-30)29(2)23(31)18-6-5-10-25-15-18/h3-8,10,14-15,19H,9,11-13,16H2,1-2H3,(H2,26,27,28,32). The highest BCUT2D eigenvalue weighted by atomic mass is 16.2. The molecule has 32 heavy (non-hydrogen) atoms. The number of amides is 3. The number of pyridine rings is 2. The van der Waals surface area contributed by atoms with E-state index in [1.165, 1.54) is 0 Å². The Balaban J connectivity index is 1.25. The van der Waals surface area contributed by atoms with Crippen LogP contribution in [-0.4, -0.2) is 71.0 Å². The van der Waals surface area contributed by atoms with Gasteiger partial charge in [0.25, 0.3) is 5.91 Å². The van der Waals surface area contributed by atoms with E-state index in [9.17, 15) is 9.59 Å². The maximum Gasteiger partial charge on any atom is 0.319 e. The molecule has 3 aromatic rings. The van der Waals surface area contributed by atoms with E-state index in [0.29, 0.717) is 12.1 Å². The molecule has 1 aliphatic rings. The highest BCUT2D eigenvalue weighted by Crippen LogP contribution is 2.22. The van der Waals surface area contributed by atoms with Crippen molar-refractivity contribution < 1.29 is 9.59 Å². The second-order valence-corrected chi connectivity index (χ2v) is 8.11. The van der Waals surface area contributed by atoms with Gasteiger partial charge in [-0.25, -0.2) is 4.79 Å². The number of aryl methyl sites for hydroxylation is 1. The first-order valence-electron chi connectivity index (χ1n) is 10.8. The van der Waals surface area contributed by atoms with Crippen molar-refractivity contribution >= 4 is 28.5 Å². The zero-order valence-electron chi connectivity index (χ0n) is 18.4. The van der Waals surface area contributed by atoms with Gasteiger partial charge in [-0.15, -0.1) is 0 Å². The summed E-state index contributed by atoms with van der Waals surface area (Å²) in [6, 6.07) is 13.1. The zero-order valence-corrected chi connectivity index (χ0v) is 18.4. The van der Waals surface area contributed by atoms with Crippen molar-refractivity contribution in [2.45, 2.75) is 19.4 Å². The molecule has 0 saturated carbocycles. The molecule has 1 atom stereocenters. The average molecular weight is 433 g/mol. The lowest BCUT2D eigenvalue weighted by molar-refractivity contribution is 0.0735. The van der Waals surface area contributed by atoms with Gasteiger partial charge >= 0.3 is 6.03 Å². The van der Waals surface area contributed by atoms with Gasteiger partial charge in [0.2, 0.25) is 0 Å². The second kappa shape index (κ2) is 9.74. The molecule has 0 bridgehead atoms. The average Bonchev–Trinajstić information content (AvgIpc) is 3.27. The minimum Gasteiger partial charge on any atom is -0.337 e. The van der Waals surface area contributed by atoms with Crippen LogP contribution in [0.4, 0.5) is 10.5 Å². The molecule has 0 aliphatic carbocycles. The lowest BCUT2D eigenvalue weighted by Crippen LogP contribution is -2.40. The number of para-hydroxylation sites is 1. The third-order valence-corrected chi connectivity index (χ3v) is 5.83. The Morgan fingerprint density at radius 2 is 2.06 bits per heavy atom. The molecule has 8 heteroatoms. The van der Waals surface area contributed by atoms with Gasteiger partial charge in [0.05, 0.1) is 16.8 Å². The Morgan fingerprint density at radius 1 is 1.22 bits per heavy atom.